The van der Waals surface area contributed by atoms with Crippen molar-refractivity contribution in [1.82, 2.24) is 0 Å². The van der Waals surface area contributed by atoms with E-state index in [0.717, 1.165) is 0 Å². The fraction of sp³-hybridized carbons (Fsp3) is 0.179. The summed E-state index contributed by atoms with van der Waals surface area (Å²) in [7, 11) is 0. The molecule has 3 aromatic rings. The van der Waals surface area contributed by atoms with Gasteiger partial charge in [-0.15, -0.1) is 0 Å². The van der Waals surface area contributed by atoms with Gasteiger partial charge >= 0.3 is 0 Å². The van der Waals surface area contributed by atoms with E-state index in [2.05, 4.69) is 0 Å². The third kappa shape index (κ3) is 4.73. The molecule has 7 heteroatoms. The van der Waals surface area contributed by atoms with Crippen LogP contribution in [0.3, 0.4) is 0 Å². The standard InChI is InChI=1S/C28H24N2O5/c1-17(2)16-35-23-5-3-4-20(14-23)26(32)24-25(19-8-12-22(31)13-9-19)30(28(34)27(24)33)21-10-6-18(15-29)7-11-21/h3-14,17,25,31-32H,16H2,1-2H3/b26-24-. The molecule has 1 unspecified atom stereocenters. The molecule has 0 bridgehead atoms. The fourth-order valence-electron chi connectivity index (χ4n) is 3.92. The van der Waals surface area contributed by atoms with Gasteiger partial charge in [-0.25, -0.2) is 0 Å². The van der Waals surface area contributed by atoms with E-state index in [1.807, 2.05) is 19.9 Å². The van der Waals surface area contributed by atoms with Crippen molar-refractivity contribution < 1.29 is 24.5 Å². The number of ether oxygens (including phenoxy) is 1. The molecule has 35 heavy (non-hydrogen) atoms. The quantitative estimate of drug-likeness (QED) is 0.302. The Morgan fingerprint density at radius 2 is 1.74 bits per heavy atom. The minimum atomic E-state index is -0.941. The summed E-state index contributed by atoms with van der Waals surface area (Å²) in [4.78, 5) is 27.7. The van der Waals surface area contributed by atoms with Crippen LogP contribution in [0, 0.1) is 17.2 Å². The summed E-state index contributed by atoms with van der Waals surface area (Å²) in [5.41, 5.74) is 1.60. The number of carbonyl (C=O) groups is 2. The lowest BCUT2D eigenvalue weighted by molar-refractivity contribution is -0.132. The van der Waals surface area contributed by atoms with Gasteiger partial charge in [0, 0.05) is 11.3 Å². The highest BCUT2D eigenvalue weighted by Gasteiger charge is 2.47. The van der Waals surface area contributed by atoms with Crippen molar-refractivity contribution in [2.45, 2.75) is 19.9 Å². The molecule has 176 valence electrons. The largest absolute Gasteiger partial charge is 0.508 e. The highest BCUT2D eigenvalue weighted by Crippen LogP contribution is 2.42. The molecule has 0 radical (unpaired) electrons. The van der Waals surface area contributed by atoms with Crippen LogP contribution < -0.4 is 9.64 Å². The number of carbonyl (C=O) groups excluding carboxylic acids is 2. The smallest absolute Gasteiger partial charge is 0.300 e. The predicted molar refractivity (Wildman–Crippen MR) is 131 cm³/mol. The number of benzene rings is 3. The van der Waals surface area contributed by atoms with Crippen molar-refractivity contribution in [1.29, 1.82) is 5.26 Å². The van der Waals surface area contributed by atoms with Crippen LogP contribution in [0.2, 0.25) is 0 Å². The zero-order valence-electron chi connectivity index (χ0n) is 19.3. The Hall–Kier alpha value is -4.57. The van der Waals surface area contributed by atoms with Gasteiger partial charge in [0.1, 0.15) is 17.3 Å². The lowest BCUT2D eigenvalue weighted by atomic mass is 9.95. The Labute approximate surface area is 203 Å². The first-order chi connectivity index (χ1) is 16.8. The zero-order chi connectivity index (χ0) is 25.1. The maximum atomic E-state index is 13.2. The number of phenolic OH excluding ortho intramolecular Hbond substituents is 1. The number of ketones is 1. The number of amides is 1. The summed E-state index contributed by atoms with van der Waals surface area (Å²) < 4.78 is 5.76. The monoisotopic (exact) mass is 468 g/mol. The number of anilines is 1. The number of aromatic hydroxyl groups is 1. The van der Waals surface area contributed by atoms with Gasteiger partial charge in [-0.05, 0) is 60.0 Å². The Morgan fingerprint density at radius 1 is 1.06 bits per heavy atom. The van der Waals surface area contributed by atoms with E-state index in [-0.39, 0.29) is 17.1 Å². The molecule has 1 fully saturated rings. The van der Waals surface area contributed by atoms with Crippen molar-refractivity contribution in [2.24, 2.45) is 5.92 Å². The SMILES string of the molecule is CC(C)COc1cccc(/C(O)=C2/C(=O)C(=O)N(c3ccc(C#N)cc3)C2c2ccc(O)cc2)c1. The van der Waals surface area contributed by atoms with Crippen LogP contribution in [0.1, 0.15) is 36.6 Å². The van der Waals surface area contributed by atoms with Crippen molar-refractivity contribution in [3.05, 3.63) is 95.1 Å². The molecule has 1 aliphatic heterocycles. The van der Waals surface area contributed by atoms with Crippen molar-refractivity contribution in [2.75, 3.05) is 11.5 Å². The van der Waals surface area contributed by atoms with Gasteiger partial charge in [0.25, 0.3) is 11.7 Å². The second-order valence-corrected chi connectivity index (χ2v) is 8.65. The molecular formula is C28H24N2O5. The van der Waals surface area contributed by atoms with Crippen LogP contribution in [0.25, 0.3) is 5.76 Å². The van der Waals surface area contributed by atoms with Crippen LogP contribution in [0.4, 0.5) is 5.69 Å². The lowest BCUT2D eigenvalue weighted by Crippen LogP contribution is -2.29. The minimum Gasteiger partial charge on any atom is -0.508 e. The minimum absolute atomic E-state index is 0.0269. The maximum absolute atomic E-state index is 13.2. The summed E-state index contributed by atoms with van der Waals surface area (Å²) in [5.74, 6) is -1.10. The van der Waals surface area contributed by atoms with E-state index in [1.165, 1.54) is 17.0 Å². The lowest BCUT2D eigenvalue weighted by Gasteiger charge is -2.25. The van der Waals surface area contributed by atoms with Crippen molar-refractivity contribution in [3.8, 4) is 17.6 Å². The molecule has 1 saturated heterocycles. The molecule has 0 saturated carbocycles. The number of rotatable bonds is 6. The molecule has 0 aromatic heterocycles. The first-order valence-corrected chi connectivity index (χ1v) is 11.1. The molecule has 3 aromatic carbocycles. The summed E-state index contributed by atoms with van der Waals surface area (Å²) in [6.07, 6.45) is 0. The maximum Gasteiger partial charge on any atom is 0.300 e. The number of aliphatic hydroxyl groups excluding tert-OH is 1. The van der Waals surface area contributed by atoms with Crippen LogP contribution in [0.5, 0.6) is 11.5 Å². The number of aliphatic hydroxyl groups is 1. The van der Waals surface area contributed by atoms with Crippen LogP contribution >= 0.6 is 0 Å². The molecule has 1 amide bonds. The number of nitrogens with zero attached hydrogens (tertiary/aromatic N) is 2. The summed E-state index contributed by atoms with van der Waals surface area (Å²) in [6, 6.07) is 20.2. The number of hydrogen-bond acceptors (Lipinski definition) is 6. The van der Waals surface area contributed by atoms with Gasteiger partial charge in [0.15, 0.2) is 0 Å². The highest BCUT2D eigenvalue weighted by atomic mass is 16.5. The Morgan fingerprint density at radius 3 is 2.37 bits per heavy atom. The number of Topliss-reactive ketones (excluding diaryl/α,β-unsaturated/α-hetero) is 1. The van der Waals surface area contributed by atoms with Crippen molar-refractivity contribution >= 4 is 23.1 Å². The average Bonchev–Trinajstić information content (AvgIpc) is 3.13. The predicted octanol–water partition coefficient (Wildman–Crippen LogP) is 4.92. The van der Waals surface area contributed by atoms with Gasteiger partial charge in [0.05, 0.1) is 29.9 Å². The third-order valence-corrected chi connectivity index (χ3v) is 5.62. The van der Waals surface area contributed by atoms with E-state index in [9.17, 15) is 19.8 Å². The molecule has 4 rings (SSSR count). The van der Waals surface area contributed by atoms with Gasteiger partial charge in [-0.3, -0.25) is 14.5 Å². The van der Waals surface area contributed by atoms with Crippen LogP contribution in [0.15, 0.2) is 78.4 Å². The molecule has 1 aliphatic rings. The molecule has 7 nitrogen and oxygen atoms in total. The molecule has 0 spiro atoms. The van der Waals surface area contributed by atoms with Crippen LogP contribution in [-0.2, 0) is 9.59 Å². The molecule has 2 N–H and O–H groups in total. The van der Waals surface area contributed by atoms with Gasteiger partial charge < -0.3 is 14.9 Å². The normalized spacial score (nSPS) is 17.0. The van der Waals surface area contributed by atoms with Crippen LogP contribution in [-0.4, -0.2) is 28.5 Å². The van der Waals surface area contributed by atoms with Gasteiger partial charge in [-0.2, -0.15) is 5.26 Å². The molecule has 0 aliphatic carbocycles. The third-order valence-electron chi connectivity index (χ3n) is 5.62. The first-order valence-electron chi connectivity index (χ1n) is 11.1. The summed E-state index contributed by atoms with van der Waals surface area (Å²) in [5, 5.41) is 30.2. The van der Waals surface area contributed by atoms with E-state index in [0.29, 0.717) is 40.7 Å². The van der Waals surface area contributed by atoms with E-state index >= 15 is 0 Å². The summed E-state index contributed by atoms with van der Waals surface area (Å²) >= 11 is 0. The molecule has 1 atom stereocenters. The number of phenols is 1. The first kappa shape index (κ1) is 23.6. The average molecular weight is 469 g/mol. The van der Waals surface area contributed by atoms with Gasteiger partial charge in [0.2, 0.25) is 0 Å². The number of hydrogen-bond donors (Lipinski definition) is 2. The summed E-state index contributed by atoms with van der Waals surface area (Å²) in [6.45, 7) is 4.53. The second-order valence-electron chi connectivity index (χ2n) is 8.65. The van der Waals surface area contributed by atoms with Gasteiger partial charge in [-0.1, -0.05) is 38.1 Å². The Bertz CT molecular complexity index is 1340. The Kier molecular flexibility index (Phi) is 6.56. The van der Waals surface area contributed by atoms with E-state index in [1.54, 1.807) is 60.7 Å². The zero-order valence-corrected chi connectivity index (χ0v) is 19.3. The molecule has 1 heterocycles. The fourth-order valence-corrected chi connectivity index (χ4v) is 3.92. The second kappa shape index (κ2) is 9.74. The van der Waals surface area contributed by atoms with Crippen molar-refractivity contribution in [3.63, 3.8) is 0 Å². The highest BCUT2D eigenvalue weighted by molar-refractivity contribution is 6.51. The Balaban J connectivity index is 1.85. The van der Waals surface area contributed by atoms with E-state index < -0.39 is 17.7 Å². The number of nitriles is 1. The van der Waals surface area contributed by atoms with E-state index in [4.69, 9.17) is 10.00 Å². The molecular weight excluding hydrogens is 444 g/mol. The topological polar surface area (TPSA) is 111 Å².